The molecule has 0 heterocycles. The van der Waals surface area contributed by atoms with Gasteiger partial charge in [0, 0.05) is 5.92 Å². The van der Waals surface area contributed by atoms with Crippen LogP contribution in [-0.4, -0.2) is 55.2 Å². The molecule has 0 saturated carbocycles. The first-order valence-corrected chi connectivity index (χ1v) is 3.80. The Hall–Kier alpha value is 1.24. The van der Waals surface area contributed by atoms with Crippen LogP contribution in [0.3, 0.4) is 0 Å². The van der Waals surface area contributed by atoms with E-state index in [4.69, 9.17) is 0 Å². The average Bonchev–Trinajstić information content (AvgIpc) is 1.91. The molecule has 0 saturated heterocycles. The molecule has 10 heavy (non-hydrogen) atoms. The normalized spacial score (nSPS) is 11.8. The smallest absolute Gasteiger partial charge is 1.00 e. The van der Waals surface area contributed by atoms with E-state index in [1.807, 2.05) is 0 Å². The Morgan fingerprint density at radius 2 is 2.10 bits per heavy atom. The molecular weight excluding hydrogens is 249 g/mol. The Bertz CT molecular complexity index is 81.5. The largest absolute Gasteiger partial charge is 2.00 e. The van der Waals surface area contributed by atoms with E-state index in [1.54, 1.807) is 0 Å². The summed E-state index contributed by atoms with van der Waals surface area (Å²) in [5, 5.41) is 0. The predicted octanol–water partition coefficient (Wildman–Crippen LogP) is 2.25. The van der Waals surface area contributed by atoms with Crippen molar-refractivity contribution in [3.05, 3.63) is 0 Å². The Morgan fingerprint density at radius 1 is 1.50 bits per heavy atom. The van der Waals surface area contributed by atoms with Crippen molar-refractivity contribution in [3.8, 4) is 0 Å². The monoisotopic (exact) mass is 268 g/mol. The van der Waals surface area contributed by atoms with Crippen molar-refractivity contribution in [1.82, 2.24) is 0 Å². The van der Waals surface area contributed by atoms with Gasteiger partial charge in [0.25, 0.3) is 0 Å². The molecule has 0 aliphatic rings. The number of unbranched alkanes of at least 4 members (excludes halogenated alkanes) is 1. The second-order valence-corrected chi connectivity index (χ2v) is 2.45. The van der Waals surface area contributed by atoms with Crippen LogP contribution in [0.2, 0.25) is 0 Å². The summed E-state index contributed by atoms with van der Waals surface area (Å²) in [5.41, 5.74) is 0. The van der Waals surface area contributed by atoms with Crippen LogP contribution in [0.1, 0.15) is 42.4 Å². The SMILES string of the molecule is CCCCC(C=O)CC.[Ba+2].[H-].[H-]. The van der Waals surface area contributed by atoms with E-state index >= 15 is 0 Å². The maximum absolute atomic E-state index is 10.2. The van der Waals surface area contributed by atoms with Crippen LogP contribution in [0, 0.1) is 5.92 Å². The minimum absolute atomic E-state index is 0. The third-order valence-corrected chi connectivity index (χ3v) is 1.65. The fourth-order valence-corrected chi connectivity index (χ4v) is 0.835. The third-order valence-electron chi connectivity index (χ3n) is 1.65. The van der Waals surface area contributed by atoms with Crippen LogP contribution in [0.5, 0.6) is 0 Å². The quantitative estimate of drug-likeness (QED) is 0.551. The Labute approximate surface area is 107 Å². The van der Waals surface area contributed by atoms with Crippen molar-refractivity contribution in [2.75, 3.05) is 0 Å². The van der Waals surface area contributed by atoms with Gasteiger partial charge in [0.15, 0.2) is 0 Å². The second-order valence-electron chi connectivity index (χ2n) is 2.45. The third kappa shape index (κ3) is 7.35. The number of hydrogen-bond acceptors (Lipinski definition) is 1. The van der Waals surface area contributed by atoms with Crippen LogP contribution < -0.4 is 0 Å². The van der Waals surface area contributed by atoms with Gasteiger partial charge in [-0.25, -0.2) is 0 Å². The van der Waals surface area contributed by atoms with E-state index in [2.05, 4.69) is 13.8 Å². The molecule has 1 nitrogen and oxygen atoms in total. The zero-order chi connectivity index (χ0) is 7.11. The predicted molar refractivity (Wildman–Crippen MR) is 47.3 cm³/mol. The van der Waals surface area contributed by atoms with Gasteiger partial charge in [-0.2, -0.15) is 0 Å². The van der Waals surface area contributed by atoms with Gasteiger partial charge >= 0.3 is 48.9 Å². The molecule has 58 valence electrons. The minimum Gasteiger partial charge on any atom is -1.00 e. The molecule has 1 unspecified atom stereocenters. The molecular formula is C8H18BaO. The van der Waals surface area contributed by atoms with E-state index in [9.17, 15) is 4.79 Å². The van der Waals surface area contributed by atoms with Gasteiger partial charge in [-0.3, -0.25) is 0 Å². The number of hydrogen-bond donors (Lipinski definition) is 0. The minimum atomic E-state index is 0. The summed E-state index contributed by atoms with van der Waals surface area (Å²) >= 11 is 0. The van der Waals surface area contributed by atoms with Gasteiger partial charge in [-0.05, 0) is 12.8 Å². The molecule has 0 aliphatic heterocycles. The van der Waals surface area contributed by atoms with Crippen molar-refractivity contribution in [2.24, 2.45) is 5.92 Å². The Kier molecular flexibility index (Phi) is 14.1. The molecule has 0 rings (SSSR count). The fraction of sp³-hybridized carbons (Fsp3) is 0.875. The van der Waals surface area contributed by atoms with Crippen molar-refractivity contribution in [3.63, 3.8) is 0 Å². The zero-order valence-electron chi connectivity index (χ0n) is 9.10. The summed E-state index contributed by atoms with van der Waals surface area (Å²) in [4.78, 5) is 10.2. The van der Waals surface area contributed by atoms with Crippen LogP contribution in [0.4, 0.5) is 0 Å². The summed E-state index contributed by atoms with van der Waals surface area (Å²) in [7, 11) is 0. The Morgan fingerprint density at radius 3 is 2.40 bits per heavy atom. The molecule has 0 aromatic heterocycles. The van der Waals surface area contributed by atoms with Crippen LogP contribution >= 0.6 is 0 Å². The number of rotatable bonds is 5. The number of aldehydes is 1. The molecule has 0 aromatic carbocycles. The van der Waals surface area contributed by atoms with E-state index in [-0.39, 0.29) is 51.7 Å². The molecule has 1 atom stereocenters. The van der Waals surface area contributed by atoms with Gasteiger partial charge in [0.2, 0.25) is 0 Å². The maximum atomic E-state index is 10.2. The van der Waals surface area contributed by atoms with Gasteiger partial charge in [0.05, 0.1) is 0 Å². The van der Waals surface area contributed by atoms with Gasteiger partial charge in [-0.15, -0.1) is 0 Å². The van der Waals surface area contributed by atoms with Gasteiger partial charge in [0.1, 0.15) is 6.29 Å². The first-order valence-electron chi connectivity index (χ1n) is 3.80. The van der Waals surface area contributed by atoms with Crippen LogP contribution in [-0.2, 0) is 4.79 Å². The van der Waals surface area contributed by atoms with E-state index in [0.29, 0.717) is 5.92 Å². The van der Waals surface area contributed by atoms with Crippen LogP contribution in [0.25, 0.3) is 0 Å². The summed E-state index contributed by atoms with van der Waals surface area (Å²) < 4.78 is 0. The fourth-order valence-electron chi connectivity index (χ4n) is 0.835. The molecule has 0 fully saturated rings. The topological polar surface area (TPSA) is 17.1 Å². The summed E-state index contributed by atoms with van der Waals surface area (Å²) in [5.74, 6) is 0.324. The van der Waals surface area contributed by atoms with E-state index in [0.717, 1.165) is 19.1 Å². The average molecular weight is 268 g/mol. The zero-order valence-corrected chi connectivity index (χ0v) is 11.5. The molecule has 0 bridgehead atoms. The molecule has 0 radical (unpaired) electrons. The first-order chi connectivity index (χ1) is 4.35. The second kappa shape index (κ2) is 10.2. The molecule has 0 aromatic rings. The van der Waals surface area contributed by atoms with Crippen molar-refractivity contribution >= 4 is 55.2 Å². The van der Waals surface area contributed by atoms with Gasteiger partial charge in [-0.1, -0.05) is 26.7 Å². The summed E-state index contributed by atoms with van der Waals surface area (Å²) in [6.45, 7) is 4.21. The maximum Gasteiger partial charge on any atom is 2.00 e. The summed E-state index contributed by atoms with van der Waals surface area (Å²) in [6.07, 6.45) is 5.55. The molecule has 0 aliphatic carbocycles. The molecule has 2 heteroatoms. The molecule has 0 spiro atoms. The standard InChI is InChI=1S/C8H16O.Ba.2H/c1-3-5-6-8(4-2)7-9;;;/h7-8H,3-6H2,1-2H3;;;/q;+2;2*-1. The van der Waals surface area contributed by atoms with E-state index < -0.39 is 0 Å². The summed E-state index contributed by atoms with van der Waals surface area (Å²) in [6, 6.07) is 0. The van der Waals surface area contributed by atoms with E-state index in [1.165, 1.54) is 12.8 Å². The number of carbonyl (C=O) groups excluding carboxylic acids is 1. The first kappa shape index (κ1) is 13.8. The van der Waals surface area contributed by atoms with Crippen molar-refractivity contribution in [1.29, 1.82) is 0 Å². The Balaban J connectivity index is -0.000000107. The van der Waals surface area contributed by atoms with Crippen molar-refractivity contribution < 1.29 is 7.65 Å². The molecule has 0 amide bonds. The van der Waals surface area contributed by atoms with Gasteiger partial charge < -0.3 is 7.65 Å². The van der Waals surface area contributed by atoms with Crippen LogP contribution in [0.15, 0.2) is 0 Å². The van der Waals surface area contributed by atoms with Crippen molar-refractivity contribution in [2.45, 2.75) is 39.5 Å². The molecule has 0 N–H and O–H groups in total. The number of carbonyl (C=O) groups is 1.